The van der Waals surface area contributed by atoms with E-state index in [1.807, 2.05) is 24.3 Å². The lowest BCUT2D eigenvalue weighted by atomic mass is 9.80. The molecular weight excluding hydrogens is 302 g/mol. The van der Waals surface area contributed by atoms with E-state index in [0.29, 0.717) is 17.5 Å². The van der Waals surface area contributed by atoms with Crippen molar-refractivity contribution in [3.63, 3.8) is 0 Å². The quantitative estimate of drug-likeness (QED) is 0.586. The molecule has 0 amide bonds. The molecule has 0 spiro atoms. The van der Waals surface area contributed by atoms with Crippen molar-refractivity contribution in [3.05, 3.63) is 35.5 Å². The standard InChI is InChI=1S/C20H25NO3/c1-3-4-14-5-9-16(10-6-14)19-21-18(20(22)24-19)13-15-7-11-17(23-2)12-8-15/h7-8,11-14,16H,3-6,9-10H2,1-2H3/b18-13-. The van der Waals surface area contributed by atoms with Crippen molar-refractivity contribution in [1.29, 1.82) is 0 Å². The van der Waals surface area contributed by atoms with Crippen LogP contribution in [0.15, 0.2) is 35.0 Å². The number of ether oxygens (including phenoxy) is 2. The molecule has 24 heavy (non-hydrogen) atoms. The lowest BCUT2D eigenvalue weighted by molar-refractivity contribution is -0.130. The summed E-state index contributed by atoms with van der Waals surface area (Å²) in [5.41, 5.74) is 1.31. The second kappa shape index (κ2) is 7.65. The summed E-state index contributed by atoms with van der Waals surface area (Å²) < 4.78 is 10.6. The molecule has 0 aromatic heterocycles. The fourth-order valence-corrected chi connectivity index (χ4v) is 3.56. The number of esters is 1. The summed E-state index contributed by atoms with van der Waals surface area (Å²) in [5.74, 6) is 2.20. The van der Waals surface area contributed by atoms with E-state index in [1.165, 1.54) is 25.7 Å². The molecule has 1 aromatic carbocycles. The molecule has 2 aliphatic rings. The van der Waals surface area contributed by atoms with Gasteiger partial charge >= 0.3 is 5.97 Å². The van der Waals surface area contributed by atoms with E-state index in [1.54, 1.807) is 13.2 Å². The molecule has 0 saturated heterocycles. The van der Waals surface area contributed by atoms with Crippen LogP contribution in [0.25, 0.3) is 6.08 Å². The van der Waals surface area contributed by atoms with Crippen molar-refractivity contribution >= 4 is 17.9 Å². The molecule has 1 heterocycles. The Morgan fingerprint density at radius 3 is 2.54 bits per heavy atom. The fourth-order valence-electron chi connectivity index (χ4n) is 3.56. The van der Waals surface area contributed by atoms with Gasteiger partial charge < -0.3 is 9.47 Å². The van der Waals surface area contributed by atoms with E-state index in [0.717, 1.165) is 30.1 Å². The van der Waals surface area contributed by atoms with E-state index in [4.69, 9.17) is 9.47 Å². The highest BCUT2D eigenvalue weighted by molar-refractivity contribution is 6.07. The molecule has 128 valence electrons. The minimum atomic E-state index is -0.337. The van der Waals surface area contributed by atoms with Gasteiger partial charge in [-0.1, -0.05) is 31.9 Å². The van der Waals surface area contributed by atoms with E-state index in [-0.39, 0.29) is 5.97 Å². The highest BCUT2D eigenvalue weighted by atomic mass is 16.6. The number of rotatable bonds is 5. The number of nitrogens with zero attached hydrogens (tertiary/aromatic N) is 1. The van der Waals surface area contributed by atoms with E-state index in [9.17, 15) is 4.79 Å². The normalized spacial score (nSPS) is 25.5. The SMILES string of the molecule is CCCC1CCC(C2=N/C(=C\c3ccc(OC)cc3)C(=O)O2)CC1. The zero-order chi connectivity index (χ0) is 16.9. The van der Waals surface area contributed by atoms with Gasteiger partial charge in [0.2, 0.25) is 5.90 Å². The molecule has 1 saturated carbocycles. The molecule has 1 aromatic rings. The summed E-state index contributed by atoms with van der Waals surface area (Å²) in [4.78, 5) is 16.6. The number of cyclic esters (lactones) is 1. The molecule has 0 radical (unpaired) electrons. The Bertz CT molecular complexity index is 637. The van der Waals surface area contributed by atoms with Crippen LogP contribution in [0.3, 0.4) is 0 Å². The summed E-state index contributed by atoms with van der Waals surface area (Å²) in [5, 5.41) is 0. The first kappa shape index (κ1) is 16.7. The zero-order valence-electron chi connectivity index (χ0n) is 14.5. The van der Waals surface area contributed by atoms with Gasteiger partial charge in [0.1, 0.15) is 5.75 Å². The number of hydrogen-bond donors (Lipinski definition) is 0. The maximum Gasteiger partial charge on any atom is 0.363 e. The zero-order valence-corrected chi connectivity index (χ0v) is 14.5. The first-order chi connectivity index (χ1) is 11.7. The van der Waals surface area contributed by atoms with E-state index >= 15 is 0 Å². The predicted molar refractivity (Wildman–Crippen MR) is 94.9 cm³/mol. The molecule has 0 bridgehead atoms. The smallest absolute Gasteiger partial charge is 0.363 e. The Morgan fingerprint density at radius 2 is 1.92 bits per heavy atom. The maximum atomic E-state index is 12.1. The van der Waals surface area contributed by atoms with Crippen molar-refractivity contribution in [2.75, 3.05) is 7.11 Å². The topological polar surface area (TPSA) is 47.9 Å². The highest BCUT2D eigenvalue weighted by Gasteiger charge is 2.32. The van der Waals surface area contributed by atoms with Crippen LogP contribution in [0.4, 0.5) is 0 Å². The van der Waals surface area contributed by atoms with Crippen LogP contribution < -0.4 is 4.74 Å². The summed E-state index contributed by atoms with van der Waals surface area (Å²) in [6, 6.07) is 7.55. The number of carbonyl (C=O) groups is 1. The third-order valence-corrected chi connectivity index (χ3v) is 4.95. The molecule has 4 nitrogen and oxygen atoms in total. The average Bonchev–Trinajstić information content (AvgIpc) is 2.97. The van der Waals surface area contributed by atoms with Crippen LogP contribution in [0.1, 0.15) is 51.0 Å². The molecule has 0 N–H and O–H groups in total. The lowest BCUT2D eigenvalue weighted by Gasteiger charge is -2.27. The summed E-state index contributed by atoms with van der Waals surface area (Å²) in [7, 11) is 1.63. The van der Waals surface area contributed by atoms with Gasteiger partial charge in [0.25, 0.3) is 0 Å². The Kier molecular flexibility index (Phi) is 5.34. The maximum absolute atomic E-state index is 12.1. The second-order valence-electron chi connectivity index (χ2n) is 6.65. The largest absolute Gasteiger partial charge is 0.497 e. The molecule has 0 unspecified atom stereocenters. The summed E-state index contributed by atoms with van der Waals surface area (Å²) in [6.07, 6.45) is 8.91. The van der Waals surface area contributed by atoms with Gasteiger partial charge in [-0.15, -0.1) is 0 Å². The molecule has 3 rings (SSSR count). The molecule has 4 heteroatoms. The Morgan fingerprint density at radius 1 is 1.21 bits per heavy atom. The van der Waals surface area contributed by atoms with Crippen molar-refractivity contribution in [2.45, 2.75) is 45.4 Å². The highest BCUT2D eigenvalue weighted by Crippen LogP contribution is 2.34. The third kappa shape index (κ3) is 3.86. The Labute approximate surface area is 143 Å². The fraction of sp³-hybridized carbons (Fsp3) is 0.500. The molecule has 1 aliphatic heterocycles. The van der Waals surface area contributed by atoms with Crippen LogP contribution in [-0.2, 0) is 9.53 Å². The van der Waals surface area contributed by atoms with Gasteiger partial charge in [-0.25, -0.2) is 9.79 Å². The van der Waals surface area contributed by atoms with Crippen molar-refractivity contribution in [3.8, 4) is 5.75 Å². The number of methoxy groups -OCH3 is 1. The summed E-state index contributed by atoms with van der Waals surface area (Å²) >= 11 is 0. The first-order valence-corrected chi connectivity index (χ1v) is 8.86. The second-order valence-corrected chi connectivity index (χ2v) is 6.65. The van der Waals surface area contributed by atoms with Crippen LogP contribution >= 0.6 is 0 Å². The number of benzene rings is 1. The minimum Gasteiger partial charge on any atom is -0.497 e. The van der Waals surface area contributed by atoms with Crippen LogP contribution in [0, 0.1) is 11.8 Å². The van der Waals surface area contributed by atoms with Gasteiger partial charge in [-0.05, 0) is 55.4 Å². The van der Waals surface area contributed by atoms with Crippen molar-refractivity contribution in [2.24, 2.45) is 16.8 Å². The van der Waals surface area contributed by atoms with Gasteiger partial charge in [-0.2, -0.15) is 0 Å². The average molecular weight is 327 g/mol. The van der Waals surface area contributed by atoms with Crippen LogP contribution in [0.2, 0.25) is 0 Å². The predicted octanol–water partition coefficient (Wildman–Crippen LogP) is 4.60. The van der Waals surface area contributed by atoms with Gasteiger partial charge in [0.15, 0.2) is 5.70 Å². The van der Waals surface area contributed by atoms with Crippen LogP contribution in [-0.4, -0.2) is 19.0 Å². The molecular formula is C20H25NO3. The number of hydrogen-bond acceptors (Lipinski definition) is 4. The van der Waals surface area contributed by atoms with E-state index in [2.05, 4.69) is 11.9 Å². The minimum absolute atomic E-state index is 0.295. The number of aliphatic imine (C=N–C) groups is 1. The molecule has 0 atom stereocenters. The Balaban J connectivity index is 1.67. The van der Waals surface area contributed by atoms with Gasteiger partial charge in [0, 0.05) is 5.92 Å². The van der Waals surface area contributed by atoms with Gasteiger partial charge in [-0.3, -0.25) is 0 Å². The van der Waals surface area contributed by atoms with Crippen molar-refractivity contribution in [1.82, 2.24) is 0 Å². The first-order valence-electron chi connectivity index (χ1n) is 8.86. The number of carbonyl (C=O) groups excluding carboxylic acids is 1. The van der Waals surface area contributed by atoms with E-state index < -0.39 is 0 Å². The lowest BCUT2D eigenvalue weighted by Crippen LogP contribution is -2.22. The summed E-state index contributed by atoms with van der Waals surface area (Å²) in [6.45, 7) is 2.24. The molecule has 1 aliphatic carbocycles. The third-order valence-electron chi connectivity index (χ3n) is 4.95. The molecule has 1 fully saturated rings. The van der Waals surface area contributed by atoms with Crippen molar-refractivity contribution < 1.29 is 14.3 Å². The van der Waals surface area contributed by atoms with Gasteiger partial charge in [0.05, 0.1) is 7.11 Å². The monoisotopic (exact) mass is 327 g/mol. The Hall–Kier alpha value is -2.10. The van der Waals surface area contributed by atoms with Crippen LogP contribution in [0.5, 0.6) is 5.75 Å².